The van der Waals surface area contributed by atoms with Gasteiger partial charge in [0.15, 0.2) is 0 Å². The Morgan fingerprint density at radius 3 is 2.69 bits per heavy atom. The number of thioether (sulfide) groups is 1. The molecule has 13 heteroatoms. The second-order valence-electron chi connectivity index (χ2n) is 6.48. The zero-order valence-corrected chi connectivity index (χ0v) is 17.2. The van der Waals surface area contributed by atoms with E-state index in [2.05, 4.69) is 31.0 Å². The van der Waals surface area contributed by atoms with Gasteiger partial charge < -0.3 is 9.84 Å². The number of aromatic nitrogens is 6. The molecule has 9 nitrogen and oxygen atoms in total. The molecule has 0 saturated carbocycles. The van der Waals surface area contributed by atoms with Crippen molar-refractivity contribution in [2.45, 2.75) is 24.0 Å². The van der Waals surface area contributed by atoms with Crippen LogP contribution in [-0.2, 0) is 16.7 Å². The van der Waals surface area contributed by atoms with E-state index in [1.807, 2.05) is 0 Å². The molecular weight excluding hydrogens is 447 g/mol. The Balaban J connectivity index is 1.46. The van der Waals surface area contributed by atoms with E-state index >= 15 is 0 Å². The highest BCUT2D eigenvalue weighted by Gasteiger charge is 2.30. The molecule has 0 radical (unpaired) electrons. The Kier molecular flexibility index (Phi) is 5.90. The maximum Gasteiger partial charge on any atom is 0.416 e. The first kappa shape index (κ1) is 21.5. The molecule has 2 aromatic carbocycles. The molecule has 4 rings (SSSR count). The molecule has 0 spiro atoms. The summed E-state index contributed by atoms with van der Waals surface area (Å²) in [5.41, 5.74) is 0.881. The van der Waals surface area contributed by atoms with Crippen molar-refractivity contribution in [2.24, 2.45) is 0 Å². The molecule has 164 valence electrons. The topological polar surface area (TPSA) is 112 Å². The lowest BCUT2D eigenvalue weighted by atomic mass is 10.1. The summed E-state index contributed by atoms with van der Waals surface area (Å²) < 4.78 is 44.8. The van der Waals surface area contributed by atoms with E-state index in [1.54, 1.807) is 24.3 Å². The molecule has 0 aliphatic carbocycles. The summed E-state index contributed by atoms with van der Waals surface area (Å²) in [7, 11) is 0. The van der Waals surface area contributed by atoms with Gasteiger partial charge >= 0.3 is 6.18 Å². The summed E-state index contributed by atoms with van der Waals surface area (Å²) in [6.07, 6.45) is -4.41. The molecule has 1 N–H and O–H groups in total. The number of alkyl halides is 3. The quantitative estimate of drug-likeness (QED) is 0.429. The Hall–Kier alpha value is -3.74. The van der Waals surface area contributed by atoms with E-state index in [0.717, 1.165) is 12.1 Å². The Morgan fingerprint density at radius 1 is 1.19 bits per heavy atom. The van der Waals surface area contributed by atoms with Crippen LogP contribution >= 0.6 is 11.8 Å². The van der Waals surface area contributed by atoms with Gasteiger partial charge in [-0.15, -0.1) is 5.10 Å². The predicted octanol–water partition coefficient (Wildman–Crippen LogP) is 3.98. The minimum absolute atomic E-state index is 0.178. The summed E-state index contributed by atoms with van der Waals surface area (Å²) in [4.78, 5) is 15.5. The third kappa shape index (κ3) is 4.94. The predicted molar refractivity (Wildman–Crippen MR) is 108 cm³/mol. The van der Waals surface area contributed by atoms with Gasteiger partial charge in [-0.25, -0.2) is 0 Å². The van der Waals surface area contributed by atoms with Gasteiger partial charge in [0.2, 0.25) is 22.8 Å². The number of hydrogen-bond acceptors (Lipinski definition) is 8. The number of nitrogens with one attached hydrogen (secondary N) is 1. The van der Waals surface area contributed by atoms with Crippen molar-refractivity contribution in [3.63, 3.8) is 0 Å². The third-order valence-corrected chi connectivity index (χ3v) is 5.02. The molecule has 0 bridgehead atoms. The fourth-order valence-corrected chi connectivity index (χ4v) is 3.44. The van der Waals surface area contributed by atoms with E-state index < -0.39 is 11.7 Å². The molecule has 32 heavy (non-hydrogen) atoms. The summed E-state index contributed by atoms with van der Waals surface area (Å²) in [6, 6.07) is 11.5. The highest BCUT2D eigenvalue weighted by Crippen LogP contribution is 2.31. The lowest BCUT2D eigenvalue weighted by Crippen LogP contribution is -2.07. The minimum atomic E-state index is -4.41. The molecule has 0 aliphatic rings. The highest BCUT2D eigenvalue weighted by atomic mass is 32.2. The molecule has 4 aromatic rings. The third-order valence-electron chi connectivity index (χ3n) is 4.12. The van der Waals surface area contributed by atoms with Crippen molar-refractivity contribution in [2.75, 3.05) is 5.32 Å². The van der Waals surface area contributed by atoms with Crippen LogP contribution in [0.15, 0.2) is 58.2 Å². The average Bonchev–Trinajstić information content (AvgIpc) is 3.41. The van der Waals surface area contributed by atoms with Gasteiger partial charge in [0.05, 0.1) is 17.0 Å². The fourth-order valence-electron chi connectivity index (χ4n) is 2.71. The number of rotatable bonds is 6. The number of carbonyl (C=O) groups excluding carboxylic acids is 1. The molecule has 2 heterocycles. The van der Waals surface area contributed by atoms with Gasteiger partial charge in [0.1, 0.15) is 0 Å². The number of hydrogen-bond donors (Lipinski definition) is 1. The largest absolute Gasteiger partial charge is 0.416 e. The van der Waals surface area contributed by atoms with Crippen molar-refractivity contribution >= 4 is 23.4 Å². The first-order chi connectivity index (χ1) is 15.3. The van der Waals surface area contributed by atoms with Crippen LogP contribution in [0.2, 0.25) is 0 Å². The molecule has 0 saturated heterocycles. The maximum atomic E-state index is 12.7. The number of carbonyl (C=O) groups is 1. The van der Waals surface area contributed by atoms with Crippen LogP contribution < -0.4 is 5.32 Å². The second kappa shape index (κ2) is 8.78. The highest BCUT2D eigenvalue weighted by molar-refractivity contribution is 7.98. The van der Waals surface area contributed by atoms with Gasteiger partial charge in [-0.05, 0) is 40.8 Å². The normalized spacial score (nSPS) is 11.5. The monoisotopic (exact) mass is 461 g/mol. The number of nitrogens with zero attached hydrogens (tertiary/aromatic N) is 6. The number of halogens is 3. The summed E-state index contributed by atoms with van der Waals surface area (Å²) in [6.45, 7) is 1.41. The van der Waals surface area contributed by atoms with Gasteiger partial charge in [-0.1, -0.05) is 35.1 Å². The number of tetrazole rings is 1. The SMILES string of the molecule is CC(=O)Nc1cccc(-n2nnnc2SCc2nc(-c3ccc(C(F)(F)F)cc3)no2)c1. The van der Waals surface area contributed by atoms with Crippen LogP contribution in [0.1, 0.15) is 18.4 Å². The fraction of sp³-hybridized carbons (Fsp3) is 0.158. The molecule has 0 atom stereocenters. The Labute approximate surface area is 183 Å². The van der Waals surface area contributed by atoms with E-state index in [-0.39, 0.29) is 23.4 Å². The zero-order chi connectivity index (χ0) is 22.7. The smallest absolute Gasteiger partial charge is 0.338 e. The molecule has 0 fully saturated rings. The van der Waals surface area contributed by atoms with Crippen molar-refractivity contribution in [1.82, 2.24) is 30.3 Å². The van der Waals surface area contributed by atoms with Crippen molar-refractivity contribution in [3.05, 3.63) is 60.0 Å². The summed E-state index contributed by atoms with van der Waals surface area (Å²) in [5, 5.41) is 18.6. The van der Waals surface area contributed by atoms with Crippen LogP contribution in [0.3, 0.4) is 0 Å². The van der Waals surface area contributed by atoms with Crippen LogP contribution in [0.4, 0.5) is 18.9 Å². The molecule has 0 unspecified atom stereocenters. The Bertz CT molecular complexity index is 1240. The van der Waals surface area contributed by atoms with E-state index in [4.69, 9.17) is 4.52 Å². The molecule has 1 amide bonds. The van der Waals surface area contributed by atoms with Crippen molar-refractivity contribution in [1.29, 1.82) is 0 Å². The number of anilines is 1. The van der Waals surface area contributed by atoms with Crippen LogP contribution in [-0.4, -0.2) is 36.3 Å². The lowest BCUT2D eigenvalue weighted by Gasteiger charge is -2.06. The standard InChI is InChI=1S/C19H14F3N7O2S/c1-11(30)23-14-3-2-4-15(9-14)29-18(25-27-28-29)32-10-16-24-17(26-31-16)12-5-7-13(8-6-12)19(20,21)22/h2-9H,10H2,1H3,(H,23,30). The summed E-state index contributed by atoms with van der Waals surface area (Å²) in [5.74, 6) is 0.469. The number of benzene rings is 2. The van der Waals surface area contributed by atoms with Gasteiger partial charge in [-0.3, -0.25) is 4.79 Å². The minimum Gasteiger partial charge on any atom is -0.338 e. The van der Waals surface area contributed by atoms with E-state index in [1.165, 1.54) is 35.5 Å². The van der Waals surface area contributed by atoms with Gasteiger partial charge in [0.25, 0.3) is 0 Å². The number of amides is 1. The maximum absolute atomic E-state index is 12.7. The Morgan fingerprint density at radius 2 is 1.97 bits per heavy atom. The van der Waals surface area contributed by atoms with E-state index in [9.17, 15) is 18.0 Å². The van der Waals surface area contributed by atoms with Gasteiger partial charge in [-0.2, -0.15) is 22.8 Å². The van der Waals surface area contributed by atoms with E-state index in [0.29, 0.717) is 22.1 Å². The van der Waals surface area contributed by atoms with Crippen molar-refractivity contribution < 1.29 is 22.5 Å². The van der Waals surface area contributed by atoms with Crippen molar-refractivity contribution in [3.8, 4) is 17.1 Å². The van der Waals surface area contributed by atoms with Gasteiger partial charge in [0, 0.05) is 18.2 Å². The first-order valence-corrected chi connectivity index (χ1v) is 10.1. The van der Waals surface area contributed by atoms with Crippen LogP contribution in [0.25, 0.3) is 17.1 Å². The van der Waals surface area contributed by atoms with Crippen LogP contribution in [0.5, 0.6) is 0 Å². The first-order valence-electron chi connectivity index (χ1n) is 9.09. The average molecular weight is 461 g/mol. The molecular formula is C19H14F3N7O2S. The zero-order valence-electron chi connectivity index (χ0n) is 16.4. The molecule has 0 aliphatic heterocycles. The summed E-state index contributed by atoms with van der Waals surface area (Å²) >= 11 is 1.23. The van der Waals surface area contributed by atoms with Crippen LogP contribution in [0, 0.1) is 0 Å². The molecule has 2 aromatic heterocycles. The lowest BCUT2D eigenvalue weighted by molar-refractivity contribution is -0.137. The second-order valence-corrected chi connectivity index (χ2v) is 7.42.